The summed E-state index contributed by atoms with van der Waals surface area (Å²) < 4.78 is 28.2. The van der Waals surface area contributed by atoms with Crippen LogP contribution in [0.4, 0.5) is 5.69 Å². The van der Waals surface area contributed by atoms with Crippen LogP contribution in [0.25, 0.3) is 0 Å². The van der Waals surface area contributed by atoms with E-state index in [2.05, 4.69) is 0 Å². The fourth-order valence-electron chi connectivity index (χ4n) is 2.14. The van der Waals surface area contributed by atoms with Gasteiger partial charge in [-0.05, 0) is 18.6 Å². The van der Waals surface area contributed by atoms with Crippen molar-refractivity contribution in [2.24, 2.45) is 0 Å². The standard InChI is InChI=1S/C13H18N2O4S/c1-15(11-5-6-20(17,18)9-11)13(16)8-19-12-4-2-3-10(14)7-12/h2-4,7,11H,5-6,8-9,14H2,1H3. The van der Waals surface area contributed by atoms with Crippen molar-refractivity contribution in [2.75, 3.05) is 30.9 Å². The molecule has 0 aliphatic carbocycles. The zero-order valence-corrected chi connectivity index (χ0v) is 12.1. The van der Waals surface area contributed by atoms with Crippen LogP contribution in [0.2, 0.25) is 0 Å². The van der Waals surface area contributed by atoms with Gasteiger partial charge in [0.05, 0.1) is 11.5 Å². The van der Waals surface area contributed by atoms with E-state index in [1.165, 1.54) is 4.90 Å². The number of benzene rings is 1. The lowest BCUT2D eigenvalue weighted by atomic mass is 10.2. The maximum atomic E-state index is 12.0. The molecule has 0 spiro atoms. The lowest BCUT2D eigenvalue weighted by Crippen LogP contribution is -2.40. The first-order valence-electron chi connectivity index (χ1n) is 6.32. The van der Waals surface area contributed by atoms with E-state index in [1.807, 2.05) is 0 Å². The number of hydrogen-bond donors (Lipinski definition) is 1. The molecule has 1 aromatic rings. The molecule has 7 heteroatoms. The summed E-state index contributed by atoms with van der Waals surface area (Å²) in [6.45, 7) is -0.128. The molecule has 0 bridgehead atoms. The van der Waals surface area contributed by atoms with Gasteiger partial charge in [-0.3, -0.25) is 4.79 Å². The van der Waals surface area contributed by atoms with E-state index >= 15 is 0 Å². The quantitative estimate of drug-likeness (QED) is 0.807. The molecule has 0 aromatic heterocycles. The summed E-state index contributed by atoms with van der Waals surface area (Å²) in [6.07, 6.45) is 0.489. The van der Waals surface area contributed by atoms with Gasteiger partial charge in [0.25, 0.3) is 5.91 Å². The molecule has 0 radical (unpaired) electrons. The van der Waals surface area contributed by atoms with Gasteiger partial charge < -0.3 is 15.4 Å². The van der Waals surface area contributed by atoms with Gasteiger partial charge >= 0.3 is 0 Å². The molecule has 1 amide bonds. The number of rotatable bonds is 4. The first-order chi connectivity index (χ1) is 9.37. The average Bonchev–Trinajstić information content (AvgIpc) is 2.75. The maximum absolute atomic E-state index is 12.0. The molecular weight excluding hydrogens is 280 g/mol. The highest BCUT2D eigenvalue weighted by Gasteiger charge is 2.32. The predicted octanol–water partition coefficient (Wildman–Crippen LogP) is 0.293. The van der Waals surface area contributed by atoms with E-state index in [0.29, 0.717) is 17.9 Å². The molecule has 1 aliphatic heterocycles. The summed E-state index contributed by atoms with van der Waals surface area (Å²) in [6, 6.07) is 6.56. The van der Waals surface area contributed by atoms with Gasteiger partial charge in [0.15, 0.2) is 16.4 Å². The van der Waals surface area contributed by atoms with Crippen LogP contribution in [-0.4, -0.2) is 50.4 Å². The number of amides is 1. The third-order valence-electron chi connectivity index (χ3n) is 3.37. The van der Waals surface area contributed by atoms with E-state index < -0.39 is 9.84 Å². The summed E-state index contributed by atoms with van der Waals surface area (Å²) in [5, 5.41) is 0. The van der Waals surface area contributed by atoms with Crippen molar-refractivity contribution in [3.8, 4) is 5.75 Å². The fraction of sp³-hybridized carbons (Fsp3) is 0.462. The van der Waals surface area contributed by atoms with Crippen LogP contribution in [0.3, 0.4) is 0 Å². The third kappa shape index (κ3) is 3.63. The SMILES string of the molecule is CN(C(=O)COc1cccc(N)c1)C1CCS(=O)(=O)C1. The third-order valence-corrected chi connectivity index (χ3v) is 5.12. The molecule has 1 fully saturated rings. The van der Waals surface area contributed by atoms with Crippen molar-refractivity contribution in [3.05, 3.63) is 24.3 Å². The minimum atomic E-state index is -3.00. The van der Waals surface area contributed by atoms with Crippen LogP contribution >= 0.6 is 0 Å². The number of anilines is 1. The van der Waals surface area contributed by atoms with E-state index in [4.69, 9.17) is 10.5 Å². The molecule has 20 heavy (non-hydrogen) atoms. The summed E-state index contributed by atoms with van der Waals surface area (Å²) in [5.41, 5.74) is 6.17. The van der Waals surface area contributed by atoms with Crippen LogP contribution in [0.15, 0.2) is 24.3 Å². The molecule has 0 saturated carbocycles. The Hall–Kier alpha value is -1.76. The van der Waals surface area contributed by atoms with Crippen LogP contribution in [0, 0.1) is 0 Å². The molecular formula is C13H18N2O4S. The number of likely N-dealkylation sites (N-methyl/N-ethyl adjacent to an activating group) is 1. The number of nitrogen functional groups attached to an aromatic ring is 1. The first kappa shape index (κ1) is 14.6. The number of nitrogens with two attached hydrogens (primary N) is 1. The first-order valence-corrected chi connectivity index (χ1v) is 8.14. The number of ether oxygens (including phenoxy) is 1. The molecule has 1 heterocycles. The molecule has 2 rings (SSSR count). The minimum absolute atomic E-state index is 0.0352. The molecule has 1 aromatic carbocycles. The van der Waals surface area contributed by atoms with Crippen LogP contribution in [-0.2, 0) is 14.6 Å². The Morgan fingerprint density at radius 2 is 2.25 bits per heavy atom. The average molecular weight is 298 g/mol. The highest BCUT2D eigenvalue weighted by atomic mass is 32.2. The van der Waals surface area contributed by atoms with Gasteiger partial charge in [0.1, 0.15) is 5.75 Å². The van der Waals surface area contributed by atoms with E-state index in [9.17, 15) is 13.2 Å². The van der Waals surface area contributed by atoms with Gasteiger partial charge in [-0.25, -0.2) is 8.42 Å². The second-order valence-electron chi connectivity index (χ2n) is 4.92. The van der Waals surface area contributed by atoms with Crippen molar-refractivity contribution in [1.29, 1.82) is 0 Å². The Bertz CT molecular complexity index is 600. The Morgan fingerprint density at radius 1 is 1.50 bits per heavy atom. The van der Waals surface area contributed by atoms with E-state index in [-0.39, 0.29) is 30.1 Å². The van der Waals surface area contributed by atoms with Crippen LogP contribution in [0.1, 0.15) is 6.42 Å². The molecule has 1 aliphatic rings. The highest BCUT2D eigenvalue weighted by Crippen LogP contribution is 2.18. The Morgan fingerprint density at radius 3 is 2.85 bits per heavy atom. The maximum Gasteiger partial charge on any atom is 0.260 e. The molecule has 1 unspecified atom stereocenters. The lowest BCUT2D eigenvalue weighted by Gasteiger charge is -2.23. The number of sulfone groups is 1. The summed E-state index contributed by atoms with van der Waals surface area (Å²) >= 11 is 0. The molecule has 1 atom stereocenters. The van der Waals surface area contributed by atoms with Crippen molar-refractivity contribution in [3.63, 3.8) is 0 Å². The fourth-order valence-corrected chi connectivity index (χ4v) is 3.91. The lowest BCUT2D eigenvalue weighted by molar-refractivity contribution is -0.133. The van der Waals surface area contributed by atoms with Gasteiger partial charge in [0.2, 0.25) is 0 Å². The van der Waals surface area contributed by atoms with Crippen molar-refractivity contribution in [1.82, 2.24) is 4.90 Å². The Labute approximate surface area is 118 Å². The second-order valence-corrected chi connectivity index (χ2v) is 7.15. The smallest absolute Gasteiger partial charge is 0.260 e. The zero-order chi connectivity index (χ0) is 14.8. The molecule has 6 nitrogen and oxygen atoms in total. The van der Waals surface area contributed by atoms with E-state index in [0.717, 1.165) is 0 Å². The van der Waals surface area contributed by atoms with Gasteiger partial charge in [-0.2, -0.15) is 0 Å². The van der Waals surface area contributed by atoms with Crippen molar-refractivity contribution < 1.29 is 17.9 Å². The monoisotopic (exact) mass is 298 g/mol. The van der Waals surface area contributed by atoms with Gasteiger partial charge in [-0.1, -0.05) is 6.07 Å². The summed E-state index contributed by atoms with van der Waals surface area (Å²) in [5.74, 6) is 0.458. The minimum Gasteiger partial charge on any atom is -0.484 e. The van der Waals surface area contributed by atoms with Crippen LogP contribution < -0.4 is 10.5 Å². The summed E-state index contributed by atoms with van der Waals surface area (Å²) in [7, 11) is -1.39. The van der Waals surface area contributed by atoms with E-state index in [1.54, 1.807) is 31.3 Å². The predicted molar refractivity (Wildman–Crippen MR) is 76.2 cm³/mol. The number of carbonyl (C=O) groups excluding carboxylic acids is 1. The van der Waals surface area contributed by atoms with Gasteiger partial charge in [0, 0.05) is 24.8 Å². The number of nitrogens with zero attached hydrogens (tertiary/aromatic N) is 1. The number of hydrogen-bond acceptors (Lipinski definition) is 5. The van der Waals surface area contributed by atoms with Gasteiger partial charge in [-0.15, -0.1) is 0 Å². The molecule has 2 N–H and O–H groups in total. The normalized spacial score (nSPS) is 20.6. The topological polar surface area (TPSA) is 89.7 Å². The Balaban J connectivity index is 1.89. The van der Waals surface area contributed by atoms with Crippen LogP contribution in [0.5, 0.6) is 5.75 Å². The second kappa shape index (κ2) is 5.70. The zero-order valence-electron chi connectivity index (χ0n) is 11.3. The largest absolute Gasteiger partial charge is 0.484 e. The highest BCUT2D eigenvalue weighted by molar-refractivity contribution is 7.91. The molecule has 110 valence electrons. The number of carbonyl (C=O) groups is 1. The summed E-state index contributed by atoms with van der Waals surface area (Å²) in [4.78, 5) is 13.4. The van der Waals surface area contributed by atoms with Crippen molar-refractivity contribution >= 4 is 21.4 Å². The molecule has 1 saturated heterocycles. The Kier molecular flexibility index (Phi) is 4.17. The van der Waals surface area contributed by atoms with Crippen molar-refractivity contribution in [2.45, 2.75) is 12.5 Å².